The minimum Gasteiger partial charge on any atom is -0.480 e. The van der Waals surface area contributed by atoms with Crippen LogP contribution < -0.4 is 10.1 Å². The number of benzene rings is 2. The van der Waals surface area contributed by atoms with E-state index in [4.69, 9.17) is 16.3 Å². The molecule has 2 aromatic carbocycles. The summed E-state index contributed by atoms with van der Waals surface area (Å²) in [6.45, 7) is 3.94. The molecule has 174 valence electrons. The van der Waals surface area contributed by atoms with Crippen molar-refractivity contribution < 1.29 is 23.2 Å². The van der Waals surface area contributed by atoms with E-state index in [1.54, 1.807) is 11.5 Å². The highest BCUT2D eigenvalue weighted by Crippen LogP contribution is 2.29. The molecule has 33 heavy (non-hydrogen) atoms. The van der Waals surface area contributed by atoms with Gasteiger partial charge in [0, 0.05) is 24.4 Å². The molecule has 3 rings (SSSR count). The average molecular weight is 498 g/mol. The van der Waals surface area contributed by atoms with Crippen LogP contribution in [0, 0.1) is 21.7 Å². The Hall–Kier alpha value is -3.25. The largest absolute Gasteiger partial charge is 0.480 e. The van der Waals surface area contributed by atoms with E-state index in [1.807, 2.05) is 6.92 Å². The number of thioether (sulfide) groups is 1. The number of nitro groups is 1. The molecule has 9 nitrogen and oxygen atoms in total. The third-order valence-electron chi connectivity index (χ3n) is 4.38. The molecule has 13 heteroatoms. The van der Waals surface area contributed by atoms with Gasteiger partial charge in [-0.15, -0.1) is 10.2 Å². The first-order chi connectivity index (χ1) is 15.7. The van der Waals surface area contributed by atoms with Crippen LogP contribution in [0.2, 0.25) is 5.02 Å². The topological polar surface area (TPSA) is 112 Å². The number of anilines is 1. The Balaban J connectivity index is 1.65. The number of aromatic nitrogens is 3. The van der Waals surface area contributed by atoms with Gasteiger partial charge in [0.15, 0.2) is 28.7 Å². The Bertz CT molecular complexity index is 1190. The quantitative estimate of drug-likeness (QED) is 0.251. The van der Waals surface area contributed by atoms with Gasteiger partial charge in [-0.25, -0.2) is 8.78 Å². The van der Waals surface area contributed by atoms with E-state index in [9.17, 15) is 23.7 Å². The van der Waals surface area contributed by atoms with Crippen LogP contribution >= 0.6 is 23.4 Å². The molecule has 0 saturated heterocycles. The van der Waals surface area contributed by atoms with Crippen molar-refractivity contribution in [1.82, 2.24) is 14.8 Å². The second kappa shape index (κ2) is 10.6. The molecular formula is C20H18ClF2N5O4S. The standard InChI is InChI=1S/C20H18ClF2N5O4S/c1-3-27-19(11(2)32-17-7-4-12(22)8-15(17)23)25-26-20(27)33-10-18(29)24-13-5-6-14(21)16(9-13)28(30)31/h4-9,11H,3,10H2,1-2H3,(H,24,29). The van der Waals surface area contributed by atoms with E-state index in [1.165, 1.54) is 24.3 Å². The smallest absolute Gasteiger partial charge is 0.289 e. The zero-order valence-corrected chi connectivity index (χ0v) is 19.0. The van der Waals surface area contributed by atoms with Crippen molar-refractivity contribution in [3.05, 3.63) is 69.0 Å². The predicted molar refractivity (Wildman–Crippen MR) is 119 cm³/mol. The number of hydrogen-bond acceptors (Lipinski definition) is 7. The van der Waals surface area contributed by atoms with Gasteiger partial charge in [-0.1, -0.05) is 23.4 Å². The number of nitro benzene ring substituents is 1. The summed E-state index contributed by atoms with van der Waals surface area (Å²) in [4.78, 5) is 22.7. The van der Waals surface area contributed by atoms with Crippen molar-refractivity contribution >= 4 is 40.6 Å². The second-order valence-electron chi connectivity index (χ2n) is 6.68. The van der Waals surface area contributed by atoms with Crippen LogP contribution in [0.25, 0.3) is 0 Å². The molecule has 1 atom stereocenters. The van der Waals surface area contributed by atoms with E-state index in [2.05, 4.69) is 15.5 Å². The summed E-state index contributed by atoms with van der Waals surface area (Å²) in [7, 11) is 0. The molecule has 0 bridgehead atoms. The fraction of sp³-hybridized carbons (Fsp3) is 0.250. The second-order valence-corrected chi connectivity index (χ2v) is 8.03. The molecule has 0 fully saturated rings. The zero-order chi connectivity index (χ0) is 24.1. The monoisotopic (exact) mass is 497 g/mol. The summed E-state index contributed by atoms with van der Waals surface area (Å²) in [5, 5.41) is 22.1. The van der Waals surface area contributed by atoms with Crippen molar-refractivity contribution in [3.63, 3.8) is 0 Å². The van der Waals surface area contributed by atoms with Crippen LogP contribution in [0.5, 0.6) is 5.75 Å². The molecule has 1 amide bonds. The minimum absolute atomic E-state index is 0.0344. The fourth-order valence-electron chi connectivity index (χ4n) is 2.88. The number of rotatable bonds is 9. The first-order valence-corrected chi connectivity index (χ1v) is 11.0. The van der Waals surface area contributed by atoms with Crippen LogP contribution in [0.3, 0.4) is 0 Å². The van der Waals surface area contributed by atoms with Gasteiger partial charge >= 0.3 is 0 Å². The van der Waals surface area contributed by atoms with Gasteiger partial charge in [-0.05, 0) is 38.1 Å². The SMILES string of the molecule is CCn1c(SCC(=O)Nc2ccc(Cl)c([N+](=O)[O-])c2)nnc1C(C)Oc1ccc(F)cc1F. The van der Waals surface area contributed by atoms with Gasteiger partial charge in [0.2, 0.25) is 5.91 Å². The van der Waals surface area contributed by atoms with Crippen LogP contribution in [0.15, 0.2) is 41.6 Å². The van der Waals surface area contributed by atoms with Crippen molar-refractivity contribution in [2.75, 3.05) is 11.1 Å². The van der Waals surface area contributed by atoms with Gasteiger partial charge in [0.25, 0.3) is 5.69 Å². The molecule has 1 N–H and O–H groups in total. The average Bonchev–Trinajstić information content (AvgIpc) is 3.18. The van der Waals surface area contributed by atoms with Crippen LogP contribution in [0.1, 0.15) is 25.8 Å². The zero-order valence-electron chi connectivity index (χ0n) is 17.4. The molecule has 0 saturated carbocycles. The highest BCUT2D eigenvalue weighted by molar-refractivity contribution is 7.99. The fourth-order valence-corrected chi connectivity index (χ4v) is 3.87. The summed E-state index contributed by atoms with van der Waals surface area (Å²) in [6.07, 6.45) is -0.699. The lowest BCUT2D eigenvalue weighted by atomic mass is 10.3. The maximum Gasteiger partial charge on any atom is 0.289 e. The molecule has 0 aliphatic heterocycles. The first kappa shape index (κ1) is 24.4. The highest BCUT2D eigenvalue weighted by atomic mass is 35.5. The van der Waals surface area contributed by atoms with Gasteiger partial charge in [0.1, 0.15) is 10.8 Å². The molecule has 1 aromatic heterocycles. The molecular weight excluding hydrogens is 480 g/mol. The van der Waals surface area contributed by atoms with Crippen LogP contribution in [-0.4, -0.2) is 31.3 Å². The molecule has 0 radical (unpaired) electrons. The number of nitrogens with zero attached hydrogens (tertiary/aromatic N) is 4. The van der Waals surface area contributed by atoms with E-state index >= 15 is 0 Å². The van der Waals surface area contributed by atoms with Crippen molar-refractivity contribution in [3.8, 4) is 5.75 Å². The van der Waals surface area contributed by atoms with E-state index < -0.39 is 28.6 Å². The Kier molecular flexibility index (Phi) is 7.82. The Labute approximate surface area is 196 Å². The lowest BCUT2D eigenvalue weighted by molar-refractivity contribution is -0.384. The molecule has 0 spiro atoms. The summed E-state index contributed by atoms with van der Waals surface area (Å²) in [5.41, 5.74) is -0.0817. The number of hydrogen-bond donors (Lipinski definition) is 1. The Morgan fingerprint density at radius 2 is 2.06 bits per heavy atom. The molecule has 3 aromatic rings. The van der Waals surface area contributed by atoms with Gasteiger partial charge in [0.05, 0.1) is 10.7 Å². The van der Waals surface area contributed by atoms with Gasteiger partial charge in [-0.3, -0.25) is 14.9 Å². The lowest BCUT2D eigenvalue weighted by Crippen LogP contribution is -2.15. The lowest BCUT2D eigenvalue weighted by Gasteiger charge is -2.16. The van der Waals surface area contributed by atoms with E-state index in [0.29, 0.717) is 17.5 Å². The molecule has 1 unspecified atom stereocenters. The van der Waals surface area contributed by atoms with E-state index in [-0.39, 0.29) is 27.9 Å². The number of carbonyl (C=O) groups excluding carboxylic acids is 1. The summed E-state index contributed by atoms with van der Waals surface area (Å²) in [6, 6.07) is 6.96. The Morgan fingerprint density at radius 1 is 1.30 bits per heavy atom. The van der Waals surface area contributed by atoms with Gasteiger partial charge < -0.3 is 14.6 Å². The number of amides is 1. The predicted octanol–water partition coefficient (Wildman–Crippen LogP) is 5.01. The molecule has 0 aliphatic rings. The van der Waals surface area contributed by atoms with Gasteiger partial charge in [-0.2, -0.15) is 0 Å². The summed E-state index contributed by atoms with van der Waals surface area (Å²) >= 11 is 6.87. The van der Waals surface area contributed by atoms with Crippen LogP contribution in [-0.2, 0) is 11.3 Å². The number of nitrogens with one attached hydrogen (secondary N) is 1. The van der Waals surface area contributed by atoms with Crippen molar-refractivity contribution in [1.29, 1.82) is 0 Å². The van der Waals surface area contributed by atoms with Crippen molar-refractivity contribution in [2.24, 2.45) is 0 Å². The number of halogens is 3. The number of carbonyl (C=O) groups is 1. The summed E-state index contributed by atoms with van der Waals surface area (Å²) < 4.78 is 34.3. The maximum atomic E-state index is 13.9. The highest BCUT2D eigenvalue weighted by Gasteiger charge is 2.21. The van der Waals surface area contributed by atoms with E-state index in [0.717, 1.165) is 23.9 Å². The Morgan fingerprint density at radius 3 is 2.73 bits per heavy atom. The van der Waals surface area contributed by atoms with Crippen LogP contribution in [0.4, 0.5) is 20.2 Å². The normalized spacial score (nSPS) is 11.8. The third-order valence-corrected chi connectivity index (χ3v) is 5.67. The molecule has 0 aliphatic carbocycles. The first-order valence-electron chi connectivity index (χ1n) is 9.61. The molecule has 1 heterocycles. The van der Waals surface area contributed by atoms with Crippen molar-refractivity contribution in [2.45, 2.75) is 31.7 Å². The number of ether oxygens (including phenoxy) is 1. The third kappa shape index (κ3) is 5.96. The minimum atomic E-state index is -0.835. The summed E-state index contributed by atoms with van der Waals surface area (Å²) in [5.74, 6) is -1.73. The maximum absolute atomic E-state index is 13.9.